The summed E-state index contributed by atoms with van der Waals surface area (Å²) in [7, 11) is 0. The van der Waals surface area contributed by atoms with E-state index in [4.69, 9.17) is 10.5 Å². The summed E-state index contributed by atoms with van der Waals surface area (Å²) in [5.41, 5.74) is 6.34. The number of aliphatic hydroxyl groups excluding tert-OH is 2. The Kier molecular flexibility index (Phi) is 6.29. The van der Waals surface area contributed by atoms with E-state index in [1.54, 1.807) is 12.1 Å². The van der Waals surface area contributed by atoms with Crippen LogP contribution in [0.15, 0.2) is 24.3 Å². The molecule has 0 saturated carbocycles. The van der Waals surface area contributed by atoms with Gasteiger partial charge in [0.15, 0.2) is 0 Å². The minimum absolute atomic E-state index is 0.156. The number of ether oxygens (including phenoxy) is 1. The highest BCUT2D eigenvalue weighted by Gasteiger charge is 2.22. The van der Waals surface area contributed by atoms with E-state index in [1.807, 2.05) is 12.1 Å². The van der Waals surface area contributed by atoms with Crippen LogP contribution in [-0.4, -0.2) is 53.6 Å². The van der Waals surface area contributed by atoms with E-state index in [9.17, 15) is 10.2 Å². The van der Waals surface area contributed by atoms with Crippen molar-refractivity contribution in [2.45, 2.75) is 37.8 Å². The molecular weight excluding hydrogens is 268 g/mol. The fraction of sp³-hybridized carbons (Fsp3) is 0.625. The molecule has 1 aromatic carbocycles. The van der Waals surface area contributed by atoms with Crippen LogP contribution >= 0.6 is 0 Å². The quantitative estimate of drug-likeness (QED) is 0.688. The Morgan fingerprint density at radius 3 is 2.95 bits per heavy atom. The van der Waals surface area contributed by atoms with Gasteiger partial charge >= 0.3 is 0 Å². The van der Waals surface area contributed by atoms with Gasteiger partial charge in [-0.15, -0.1) is 0 Å². The van der Waals surface area contributed by atoms with E-state index in [1.165, 1.54) is 6.42 Å². The van der Waals surface area contributed by atoms with Gasteiger partial charge < -0.3 is 20.7 Å². The first-order valence-electron chi connectivity index (χ1n) is 7.70. The third-order valence-corrected chi connectivity index (χ3v) is 3.96. The third kappa shape index (κ3) is 5.19. The van der Waals surface area contributed by atoms with E-state index < -0.39 is 6.10 Å². The van der Waals surface area contributed by atoms with E-state index in [-0.39, 0.29) is 19.3 Å². The summed E-state index contributed by atoms with van der Waals surface area (Å²) in [6, 6.07) is 7.36. The molecule has 2 rings (SSSR count). The lowest BCUT2D eigenvalue weighted by Gasteiger charge is -2.30. The molecule has 0 aliphatic carbocycles. The first-order valence-corrected chi connectivity index (χ1v) is 7.70. The Hall–Kier alpha value is -1.30. The zero-order valence-corrected chi connectivity index (χ0v) is 12.4. The summed E-state index contributed by atoms with van der Waals surface area (Å²) in [6.07, 6.45) is 3.90. The summed E-state index contributed by atoms with van der Waals surface area (Å²) in [4.78, 5) is 2.18. The number of nitrogens with zero attached hydrogens (tertiary/aromatic N) is 1. The zero-order valence-electron chi connectivity index (χ0n) is 12.4. The van der Waals surface area contributed by atoms with Gasteiger partial charge in [-0.1, -0.05) is 18.9 Å². The summed E-state index contributed by atoms with van der Waals surface area (Å²) < 4.78 is 5.57. The lowest BCUT2D eigenvalue weighted by atomic mass is 10.1. The molecule has 0 aromatic heterocycles. The molecule has 5 nitrogen and oxygen atoms in total. The number of anilines is 1. The van der Waals surface area contributed by atoms with Crippen LogP contribution in [0.3, 0.4) is 0 Å². The summed E-state index contributed by atoms with van der Waals surface area (Å²) in [5.74, 6) is 0.670. The third-order valence-electron chi connectivity index (χ3n) is 3.96. The number of likely N-dealkylation sites (tertiary alicyclic amines) is 1. The molecule has 5 heteroatoms. The van der Waals surface area contributed by atoms with Crippen LogP contribution in [0.4, 0.5) is 5.69 Å². The molecule has 0 bridgehead atoms. The van der Waals surface area contributed by atoms with Gasteiger partial charge in [-0.3, -0.25) is 4.90 Å². The van der Waals surface area contributed by atoms with Crippen molar-refractivity contribution in [1.82, 2.24) is 4.90 Å². The molecule has 1 saturated heterocycles. The van der Waals surface area contributed by atoms with Gasteiger partial charge in [0, 0.05) is 24.3 Å². The van der Waals surface area contributed by atoms with Gasteiger partial charge in [-0.05, 0) is 31.5 Å². The molecule has 2 unspecified atom stereocenters. The van der Waals surface area contributed by atoms with Crippen LogP contribution in [0.5, 0.6) is 5.75 Å². The summed E-state index contributed by atoms with van der Waals surface area (Å²) in [6.45, 7) is 1.86. The molecule has 118 valence electrons. The molecule has 0 radical (unpaired) electrons. The number of benzene rings is 1. The Labute approximate surface area is 126 Å². The number of aliphatic hydroxyl groups is 2. The highest BCUT2D eigenvalue weighted by molar-refractivity contribution is 5.43. The maximum atomic E-state index is 10.2. The second-order valence-electron chi connectivity index (χ2n) is 5.72. The fourth-order valence-electron chi connectivity index (χ4n) is 2.80. The molecular formula is C16H26N2O3. The smallest absolute Gasteiger partial charge is 0.121 e. The van der Waals surface area contributed by atoms with Gasteiger partial charge in [0.25, 0.3) is 0 Å². The molecule has 1 heterocycles. The van der Waals surface area contributed by atoms with E-state index >= 15 is 0 Å². The Morgan fingerprint density at radius 2 is 2.19 bits per heavy atom. The molecule has 1 fully saturated rings. The van der Waals surface area contributed by atoms with Crippen molar-refractivity contribution >= 4 is 5.69 Å². The predicted molar refractivity (Wildman–Crippen MR) is 83.3 cm³/mol. The topological polar surface area (TPSA) is 79.0 Å². The van der Waals surface area contributed by atoms with Crippen LogP contribution in [0.2, 0.25) is 0 Å². The van der Waals surface area contributed by atoms with Crippen molar-refractivity contribution in [2.24, 2.45) is 0 Å². The first-order chi connectivity index (χ1) is 10.2. The van der Waals surface area contributed by atoms with Crippen LogP contribution in [0.25, 0.3) is 0 Å². The van der Waals surface area contributed by atoms with Gasteiger partial charge in [-0.2, -0.15) is 0 Å². The lowest BCUT2D eigenvalue weighted by molar-refractivity contribution is 0.0389. The van der Waals surface area contributed by atoms with Gasteiger partial charge in [0.05, 0.1) is 6.61 Å². The normalized spacial score (nSPS) is 21.7. The van der Waals surface area contributed by atoms with Crippen LogP contribution in [-0.2, 0) is 0 Å². The number of rotatable bonds is 6. The van der Waals surface area contributed by atoms with Crippen molar-refractivity contribution in [3.8, 4) is 5.75 Å². The molecule has 1 aromatic rings. The van der Waals surface area contributed by atoms with Crippen LogP contribution in [0.1, 0.15) is 25.7 Å². The SMILES string of the molecule is Nc1cccc(OCC(O)CN2CCCCCC2CO)c1. The minimum Gasteiger partial charge on any atom is -0.491 e. The van der Waals surface area contributed by atoms with Gasteiger partial charge in [0.1, 0.15) is 18.5 Å². The largest absolute Gasteiger partial charge is 0.491 e. The Balaban J connectivity index is 1.81. The van der Waals surface area contributed by atoms with Crippen molar-refractivity contribution in [3.63, 3.8) is 0 Å². The highest BCUT2D eigenvalue weighted by Crippen LogP contribution is 2.18. The number of nitrogens with two attached hydrogens (primary N) is 1. The lowest BCUT2D eigenvalue weighted by Crippen LogP contribution is -2.43. The van der Waals surface area contributed by atoms with Gasteiger partial charge in [0.2, 0.25) is 0 Å². The van der Waals surface area contributed by atoms with Crippen LogP contribution in [0, 0.1) is 0 Å². The highest BCUT2D eigenvalue weighted by atomic mass is 16.5. The molecule has 1 aliphatic heterocycles. The molecule has 0 spiro atoms. The number of hydrogen-bond donors (Lipinski definition) is 3. The molecule has 0 amide bonds. The minimum atomic E-state index is -0.571. The number of nitrogen functional groups attached to an aromatic ring is 1. The number of hydrogen-bond acceptors (Lipinski definition) is 5. The zero-order chi connectivity index (χ0) is 15.1. The molecule has 21 heavy (non-hydrogen) atoms. The first kappa shape index (κ1) is 16.1. The maximum absolute atomic E-state index is 10.2. The standard InChI is InChI=1S/C16H26N2O3/c17-13-5-4-7-16(9-13)21-12-15(20)10-18-8-3-1-2-6-14(18)11-19/h4-5,7,9,14-15,19-20H,1-3,6,8,10-12,17H2. The Bertz CT molecular complexity index is 428. The average Bonchev–Trinajstić information content (AvgIpc) is 2.70. The molecule has 2 atom stereocenters. The maximum Gasteiger partial charge on any atom is 0.121 e. The monoisotopic (exact) mass is 294 g/mol. The molecule has 1 aliphatic rings. The summed E-state index contributed by atoms with van der Waals surface area (Å²) in [5, 5.41) is 19.6. The fourth-order valence-corrected chi connectivity index (χ4v) is 2.80. The second kappa shape index (κ2) is 8.22. The Morgan fingerprint density at radius 1 is 1.33 bits per heavy atom. The van der Waals surface area contributed by atoms with E-state index in [0.717, 1.165) is 25.8 Å². The van der Waals surface area contributed by atoms with Crippen molar-refractivity contribution in [3.05, 3.63) is 24.3 Å². The van der Waals surface area contributed by atoms with Crippen molar-refractivity contribution in [2.75, 3.05) is 32.0 Å². The van der Waals surface area contributed by atoms with E-state index in [0.29, 0.717) is 18.0 Å². The molecule has 4 N–H and O–H groups in total. The number of β-amino-alcohol motifs (C(OH)–C–C–N with tert-alkyl or cyclic N) is 1. The van der Waals surface area contributed by atoms with Crippen LogP contribution < -0.4 is 10.5 Å². The summed E-state index contributed by atoms with van der Waals surface area (Å²) >= 11 is 0. The van der Waals surface area contributed by atoms with Gasteiger partial charge in [-0.25, -0.2) is 0 Å². The second-order valence-corrected chi connectivity index (χ2v) is 5.72. The van der Waals surface area contributed by atoms with E-state index in [2.05, 4.69) is 4.90 Å². The average molecular weight is 294 g/mol. The predicted octanol–water partition coefficient (Wildman–Crippen LogP) is 1.25. The van der Waals surface area contributed by atoms with Crippen molar-refractivity contribution < 1.29 is 14.9 Å². The van der Waals surface area contributed by atoms with Crippen molar-refractivity contribution in [1.29, 1.82) is 0 Å².